The molecule has 0 aliphatic carbocycles. The van der Waals surface area contributed by atoms with Gasteiger partial charge in [0, 0.05) is 17.9 Å². The number of quaternary nitrogens is 1. The van der Waals surface area contributed by atoms with E-state index in [1.165, 1.54) is 10.5 Å². The van der Waals surface area contributed by atoms with Crippen LogP contribution in [0.1, 0.15) is 24.9 Å². The van der Waals surface area contributed by atoms with Gasteiger partial charge in [-0.05, 0) is 0 Å². The van der Waals surface area contributed by atoms with Crippen molar-refractivity contribution in [3.05, 3.63) is 35.9 Å². The van der Waals surface area contributed by atoms with Gasteiger partial charge in [0.2, 0.25) is 0 Å². The summed E-state index contributed by atoms with van der Waals surface area (Å²) in [6, 6.07) is 11.0. The zero-order valence-corrected chi connectivity index (χ0v) is 9.48. The molecule has 15 heavy (non-hydrogen) atoms. The van der Waals surface area contributed by atoms with Crippen molar-refractivity contribution in [2.24, 2.45) is 5.92 Å². The third kappa shape index (κ3) is 2.06. The van der Waals surface area contributed by atoms with Crippen molar-refractivity contribution >= 4 is 0 Å². The minimum atomic E-state index is -0.140. The minimum Gasteiger partial charge on any atom is -0.392 e. The lowest BCUT2D eigenvalue weighted by Crippen LogP contribution is -3.11. The van der Waals surface area contributed by atoms with E-state index in [-0.39, 0.29) is 6.10 Å². The van der Waals surface area contributed by atoms with Crippen molar-refractivity contribution in [3.8, 4) is 0 Å². The summed E-state index contributed by atoms with van der Waals surface area (Å²) >= 11 is 0. The molecular weight excluding hydrogens is 186 g/mol. The quantitative estimate of drug-likeness (QED) is 0.692. The predicted molar refractivity (Wildman–Crippen MR) is 60.7 cm³/mol. The molecule has 2 N–H and O–H groups in total. The van der Waals surface area contributed by atoms with Crippen molar-refractivity contribution in [1.82, 2.24) is 0 Å². The summed E-state index contributed by atoms with van der Waals surface area (Å²) in [5, 5.41) is 9.91. The molecule has 1 unspecified atom stereocenters. The second kappa shape index (κ2) is 4.33. The van der Waals surface area contributed by atoms with E-state index in [1.807, 2.05) is 6.07 Å². The highest BCUT2D eigenvalue weighted by atomic mass is 16.3. The molecule has 1 saturated heterocycles. The van der Waals surface area contributed by atoms with Crippen molar-refractivity contribution in [2.45, 2.75) is 25.5 Å². The summed E-state index contributed by atoms with van der Waals surface area (Å²) in [7, 11) is 2.22. The first-order valence-corrected chi connectivity index (χ1v) is 5.75. The zero-order chi connectivity index (χ0) is 10.8. The van der Waals surface area contributed by atoms with Crippen LogP contribution in [0.3, 0.4) is 0 Å². The van der Waals surface area contributed by atoms with Crippen molar-refractivity contribution in [2.75, 3.05) is 13.6 Å². The molecule has 0 saturated carbocycles. The Labute approximate surface area is 91.5 Å². The number of hydrogen-bond acceptors (Lipinski definition) is 1. The Hall–Kier alpha value is -0.860. The Kier molecular flexibility index (Phi) is 3.08. The van der Waals surface area contributed by atoms with E-state index >= 15 is 0 Å². The topological polar surface area (TPSA) is 24.7 Å². The number of aliphatic hydroxyl groups is 1. The van der Waals surface area contributed by atoms with Gasteiger partial charge in [-0.25, -0.2) is 0 Å². The summed E-state index contributed by atoms with van der Waals surface area (Å²) in [4.78, 5) is 1.51. The number of nitrogens with one attached hydrogen (secondary N) is 1. The third-order valence-electron chi connectivity index (χ3n) is 3.66. The minimum absolute atomic E-state index is 0.140. The Morgan fingerprint density at radius 3 is 2.60 bits per heavy atom. The fourth-order valence-corrected chi connectivity index (χ4v) is 2.71. The summed E-state index contributed by atoms with van der Waals surface area (Å²) < 4.78 is 0. The molecule has 1 aliphatic heterocycles. The predicted octanol–water partition coefficient (Wildman–Crippen LogP) is 0.643. The van der Waals surface area contributed by atoms with Gasteiger partial charge in [-0.2, -0.15) is 0 Å². The van der Waals surface area contributed by atoms with Crippen LogP contribution in [0.15, 0.2) is 30.3 Å². The molecule has 82 valence electrons. The Balaban J connectivity index is 2.25. The Morgan fingerprint density at radius 2 is 1.93 bits per heavy atom. The smallest absolute Gasteiger partial charge is 0.118 e. The molecule has 2 heteroatoms. The van der Waals surface area contributed by atoms with Crippen molar-refractivity contribution < 1.29 is 10.0 Å². The van der Waals surface area contributed by atoms with Gasteiger partial charge in [-0.1, -0.05) is 37.3 Å². The van der Waals surface area contributed by atoms with Crippen LogP contribution in [-0.2, 0) is 0 Å². The highest BCUT2D eigenvalue weighted by Crippen LogP contribution is 2.25. The second-order valence-corrected chi connectivity index (χ2v) is 4.70. The third-order valence-corrected chi connectivity index (χ3v) is 3.66. The van der Waals surface area contributed by atoms with E-state index in [2.05, 4.69) is 38.2 Å². The summed E-state index contributed by atoms with van der Waals surface area (Å²) in [6.45, 7) is 3.22. The summed E-state index contributed by atoms with van der Waals surface area (Å²) in [5.74, 6) is 0.348. The molecule has 4 atom stereocenters. The lowest BCUT2D eigenvalue weighted by molar-refractivity contribution is -0.923. The number of benzene rings is 1. The lowest BCUT2D eigenvalue weighted by atomic mass is 9.84. The van der Waals surface area contributed by atoms with Crippen LogP contribution in [-0.4, -0.2) is 24.8 Å². The van der Waals surface area contributed by atoms with Crippen LogP contribution in [0.4, 0.5) is 0 Å². The van der Waals surface area contributed by atoms with E-state index in [4.69, 9.17) is 0 Å². The molecular formula is C13H20NO+. The summed E-state index contributed by atoms with van der Waals surface area (Å²) in [6.07, 6.45) is 0.787. The molecule has 1 aliphatic rings. The first-order chi connectivity index (χ1) is 7.20. The Bertz CT molecular complexity index is 312. The van der Waals surface area contributed by atoms with Gasteiger partial charge in [0.15, 0.2) is 0 Å². The van der Waals surface area contributed by atoms with Crippen LogP contribution < -0.4 is 4.90 Å². The van der Waals surface area contributed by atoms with Gasteiger partial charge in [0.25, 0.3) is 0 Å². The first kappa shape index (κ1) is 10.7. The van der Waals surface area contributed by atoms with E-state index in [9.17, 15) is 5.11 Å². The zero-order valence-electron chi connectivity index (χ0n) is 9.48. The second-order valence-electron chi connectivity index (χ2n) is 4.70. The van der Waals surface area contributed by atoms with Crippen LogP contribution in [0.25, 0.3) is 0 Å². The molecule has 2 rings (SSSR count). The molecule has 2 nitrogen and oxygen atoms in total. The molecule has 0 radical (unpaired) electrons. The van der Waals surface area contributed by atoms with Gasteiger partial charge in [-0.3, -0.25) is 0 Å². The van der Waals surface area contributed by atoms with Crippen LogP contribution >= 0.6 is 0 Å². The number of aliphatic hydroxyl groups excluding tert-OH is 1. The van der Waals surface area contributed by atoms with E-state index in [1.54, 1.807) is 0 Å². The number of likely N-dealkylation sites (tertiary alicyclic amines) is 1. The molecule has 0 bridgehead atoms. The van der Waals surface area contributed by atoms with Crippen molar-refractivity contribution in [3.63, 3.8) is 0 Å². The average molecular weight is 206 g/mol. The monoisotopic (exact) mass is 206 g/mol. The lowest BCUT2D eigenvalue weighted by Gasteiger charge is -2.37. The first-order valence-electron chi connectivity index (χ1n) is 5.75. The number of piperidine rings is 1. The maximum atomic E-state index is 9.91. The molecule has 0 spiro atoms. The highest BCUT2D eigenvalue weighted by Gasteiger charge is 2.36. The number of rotatable bonds is 1. The van der Waals surface area contributed by atoms with Gasteiger partial charge < -0.3 is 10.0 Å². The van der Waals surface area contributed by atoms with Crippen molar-refractivity contribution in [1.29, 1.82) is 0 Å². The van der Waals surface area contributed by atoms with E-state index in [0.717, 1.165) is 13.0 Å². The van der Waals surface area contributed by atoms with Gasteiger partial charge in [-0.15, -0.1) is 0 Å². The Morgan fingerprint density at radius 1 is 1.27 bits per heavy atom. The molecule has 0 amide bonds. The molecule has 1 fully saturated rings. The molecule has 1 aromatic rings. The summed E-state index contributed by atoms with van der Waals surface area (Å²) in [5.41, 5.74) is 1.35. The molecule has 1 aromatic carbocycles. The standard InChI is InChI=1S/C13H19NO/c1-10-12(15)8-9-14(2)13(10)11-6-4-3-5-7-11/h3-7,10,12-13,15H,8-9H2,1-2H3/p+1/t10-,12+,13+/m1/s1. The normalized spacial score (nSPS) is 36.5. The maximum Gasteiger partial charge on any atom is 0.118 e. The largest absolute Gasteiger partial charge is 0.392 e. The van der Waals surface area contributed by atoms with Crippen LogP contribution in [0.2, 0.25) is 0 Å². The highest BCUT2D eigenvalue weighted by molar-refractivity contribution is 5.18. The van der Waals surface area contributed by atoms with Gasteiger partial charge >= 0.3 is 0 Å². The fraction of sp³-hybridized carbons (Fsp3) is 0.538. The van der Waals surface area contributed by atoms with Gasteiger partial charge in [0.05, 0.1) is 19.7 Å². The molecule has 0 aromatic heterocycles. The van der Waals surface area contributed by atoms with Crippen LogP contribution in [0.5, 0.6) is 0 Å². The maximum absolute atomic E-state index is 9.91. The SMILES string of the molecule is C[C@H]1[C@@H](c2ccccc2)[NH+](C)CC[C@@H]1O. The fourth-order valence-electron chi connectivity index (χ4n) is 2.71. The number of hydrogen-bond donors (Lipinski definition) is 2. The van der Waals surface area contributed by atoms with Gasteiger partial charge in [0.1, 0.15) is 6.04 Å². The van der Waals surface area contributed by atoms with E-state index < -0.39 is 0 Å². The molecule has 1 heterocycles. The van der Waals surface area contributed by atoms with E-state index in [0.29, 0.717) is 12.0 Å². The van der Waals surface area contributed by atoms with Crippen LogP contribution in [0, 0.1) is 5.92 Å². The average Bonchev–Trinajstić information content (AvgIpc) is 2.26.